The molecule has 9 nitrogen and oxygen atoms in total. The van der Waals surface area contributed by atoms with Gasteiger partial charge in [-0.05, 0) is 31.9 Å². The van der Waals surface area contributed by atoms with Gasteiger partial charge < -0.3 is 16.0 Å². The maximum Gasteiger partial charge on any atom is 0.330 e. The molecule has 0 saturated carbocycles. The lowest BCUT2D eigenvalue weighted by Crippen LogP contribution is -2.42. The normalized spacial score (nSPS) is 10.8. The Balaban J connectivity index is 2.12. The highest BCUT2D eigenvalue weighted by atomic mass is 32.2. The first kappa shape index (κ1) is 26.2. The number of carbonyl (C=O) groups excluding carboxylic acids is 2. The van der Waals surface area contributed by atoms with Crippen LogP contribution in [0, 0.1) is 6.92 Å². The number of hydrogen-bond donors (Lipinski definition) is 3. The highest BCUT2D eigenvalue weighted by Gasteiger charge is 2.24. The number of rotatable bonds is 12. The van der Waals surface area contributed by atoms with E-state index < -0.39 is 11.2 Å². The van der Waals surface area contributed by atoms with Crippen LogP contribution in [0.25, 0.3) is 0 Å². The van der Waals surface area contributed by atoms with E-state index in [-0.39, 0.29) is 34.8 Å². The molecule has 0 radical (unpaired) electrons. The predicted molar refractivity (Wildman–Crippen MR) is 135 cm³/mol. The number of nitrogens with one attached hydrogen (secondary N) is 2. The minimum Gasteiger partial charge on any atom is -0.383 e. The molecule has 0 spiro atoms. The van der Waals surface area contributed by atoms with E-state index in [4.69, 9.17) is 5.73 Å². The van der Waals surface area contributed by atoms with Crippen LogP contribution in [0.4, 0.5) is 17.2 Å². The minimum atomic E-state index is -0.684. The summed E-state index contributed by atoms with van der Waals surface area (Å²) in [4.78, 5) is 53.7. The number of nitrogen functional groups attached to an aromatic ring is 1. The zero-order chi connectivity index (χ0) is 24.4. The second-order valence-electron chi connectivity index (χ2n) is 7.80. The Morgan fingerprint density at radius 3 is 2.39 bits per heavy atom. The SMILES string of the molecule is CCCCN(C(=O)CSCC(=O)Nc1ccc(C)cc1)c1c(N)n(CCCC)c(=O)[nH]c1=O. The van der Waals surface area contributed by atoms with Gasteiger partial charge in [0.05, 0.1) is 11.5 Å². The Morgan fingerprint density at radius 2 is 1.76 bits per heavy atom. The van der Waals surface area contributed by atoms with Gasteiger partial charge in [-0.2, -0.15) is 0 Å². The van der Waals surface area contributed by atoms with E-state index in [0.29, 0.717) is 31.6 Å². The van der Waals surface area contributed by atoms with Crippen LogP contribution in [0.15, 0.2) is 33.9 Å². The van der Waals surface area contributed by atoms with Crippen molar-refractivity contribution < 1.29 is 9.59 Å². The van der Waals surface area contributed by atoms with Crippen molar-refractivity contribution in [3.63, 3.8) is 0 Å². The third kappa shape index (κ3) is 7.52. The standard InChI is InChI=1S/C23H33N5O4S/c1-4-6-12-27(20-21(24)28(13-7-5-2)23(32)26-22(20)31)19(30)15-33-14-18(29)25-17-10-8-16(3)9-11-17/h8-11H,4-7,12-15,24H2,1-3H3,(H,25,29)(H,26,31,32). The highest BCUT2D eigenvalue weighted by molar-refractivity contribution is 8.00. The molecule has 2 rings (SSSR count). The van der Waals surface area contributed by atoms with Gasteiger partial charge in [-0.15, -0.1) is 11.8 Å². The summed E-state index contributed by atoms with van der Waals surface area (Å²) in [6.45, 7) is 6.57. The molecule has 1 aromatic carbocycles. The van der Waals surface area contributed by atoms with Crippen molar-refractivity contribution in [3.05, 3.63) is 50.7 Å². The van der Waals surface area contributed by atoms with Crippen molar-refractivity contribution in [2.75, 3.05) is 34.0 Å². The Labute approximate surface area is 197 Å². The van der Waals surface area contributed by atoms with Gasteiger partial charge in [0.1, 0.15) is 5.82 Å². The molecule has 0 aliphatic rings. The molecule has 0 aliphatic carbocycles. The molecule has 0 bridgehead atoms. The summed E-state index contributed by atoms with van der Waals surface area (Å²) < 4.78 is 1.30. The third-order valence-electron chi connectivity index (χ3n) is 5.05. The van der Waals surface area contributed by atoms with Gasteiger partial charge in [-0.25, -0.2) is 4.79 Å². The zero-order valence-corrected chi connectivity index (χ0v) is 20.3. The summed E-state index contributed by atoms with van der Waals surface area (Å²) in [5, 5.41) is 2.79. The zero-order valence-electron chi connectivity index (χ0n) is 19.5. The fraction of sp³-hybridized carbons (Fsp3) is 0.478. The maximum atomic E-state index is 13.0. The molecule has 0 aliphatic heterocycles. The highest BCUT2D eigenvalue weighted by Crippen LogP contribution is 2.19. The van der Waals surface area contributed by atoms with Gasteiger partial charge in [-0.1, -0.05) is 44.4 Å². The van der Waals surface area contributed by atoms with Crippen LogP contribution in [-0.2, 0) is 16.1 Å². The predicted octanol–water partition coefficient (Wildman–Crippen LogP) is 2.73. The average Bonchev–Trinajstić information content (AvgIpc) is 2.77. The Bertz CT molecular complexity index is 1060. The van der Waals surface area contributed by atoms with Crippen LogP contribution in [-0.4, -0.2) is 39.4 Å². The van der Waals surface area contributed by atoms with E-state index in [1.54, 1.807) is 0 Å². The smallest absolute Gasteiger partial charge is 0.330 e. The van der Waals surface area contributed by atoms with E-state index in [9.17, 15) is 19.2 Å². The number of nitrogens with two attached hydrogens (primary N) is 1. The van der Waals surface area contributed by atoms with Gasteiger partial charge in [-0.3, -0.25) is 23.9 Å². The second kappa shape index (κ2) is 12.9. The monoisotopic (exact) mass is 475 g/mol. The number of aromatic nitrogens is 2. The second-order valence-corrected chi connectivity index (χ2v) is 8.79. The Hall–Kier alpha value is -3.01. The number of hydrogen-bond acceptors (Lipinski definition) is 6. The average molecular weight is 476 g/mol. The third-order valence-corrected chi connectivity index (χ3v) is 5.97. The molecule has 4 N–H and O–H groups in total. The van der Waals surface area contributed by atoms with Gasteiger partial charge in [0.15, 0.2) is 5.69 Å². The van der Waals surface area contributed by atoms with Crippen LogP contribution in [0.5, 0.6) is 0 Å². The molecule has 1 heterocycles. The number of unbranched alkanes of at least 4 members (excludes halogenated alkanes) is 2. The fourth-order valence-electron chi connectivity index (χ4n) is 3.20. The van der Waals surface area contributed by atoms with Gasteiger partial charge >= 0.3 is 5.69 Å². The van der Waals surface area contributed by atoms with Crippen LogP contribution >= 0.6 is 11.8 Å². The van der Waals surface area contributed by atoms with Gasteiger partial charge in [0.2, 0.25) is 11.8 Å². The number of carbonyl (C=O) groups is 2. The van der Waals surface area contributed by atoms with Gasteiger partial charge in [0.25, 0.3) is 5.56 Å². The molecular weight excluding hydrogens is 442 g/mol. The summed E-state index contributed by atoms with van der Waals surface area (Å²) in [6, 6.07) is 7.44. The molecule has 0 fully saturated rings. The van der Waals surface area contributed by atoms with E-state index in [0.717, 1.165) is 30.2 Å². The fourth-order valence-corrected chi connectivity index (χ4v) is 3.89. The molecule has 0 saturated heterocycles. The summed E-state index contributed by atoms with van der Waals surface area (Å²) in [6.07, 6.45) is 3.03. The minimum absolute atomic E-state index is 0.00199. The summed E-state index contributed by atoms with van der Waals surface area (Å²) in [7, 11) is 0. The Kier molecular flexibility index (Phi) is 10.2. The van der Waals surface area contributed by atoms with Crippen LogP contribution in [0.1, 0.15) is 45.1 Å². The topological polar surface area (TPSA) is 130 Å². The lowest BCUT2D eigenvalue weighted by Gasteiger charge is -2.24. The van der Waals surface area contributed by atoms with Crippen molar-refractivity contribution in [2.24, 2.45) is 0 Å². The van der Waals surface area contributed by atoms with Crippen LogP contribution in [0.3, 0.4) is 0 Å². The van der Waals surface area contributed by atoms with Crippen molar-refractivity contribution in [2.45, 2.75) is 53.0 Å². The molecule has 180 valence electrons. The first-order valence-corrected chi connectivity index (χ1v) is 12.3. The number of H-pyrrole nitrogens is 1. The molecule has 2 amide bonds. The van der Waals surface area contributed by atoms with Crippen LogP contribution in [0.2, 0.25) is 0 Å². The molecule has 10 heteroatoms. The number of nitrogens with zero attached hydrogens (tertiary/aromatic N) is 2. The van der Waals surface area contributed by atoms with Gasteiger partial charge in [0, 0.05) is 18.8 Å². The number of amides is 2. The van der Waals surface area contributed by atoms with Crippen molar-refractivity contribution in [1.82, 2.24) is 9.55 Å². The Morgan fingerprint density at radius 1 is 1.09 bits per heavy atom. The van der Waals surface area contributed by atoms with Crippen molar-refractivity contribution in [1.29, 1.82) is 0 Å². The van der Waals surface area contributed by atoms with Crippen molar-refractivity contribution >= 4 is 40.8 Å². The van der Waals surface area contributed by atoms with E-state index in [1.807, 2.05) is 45.0 Å². The quantitative estimate of drug-likeness (QED) is 0.433. The molecule has 1 aromatic heterocycles. The number of thioether (sulfide) groups is 1. The number of aromatic amines is 1. The first-order valence-electron chi connectivity index (χ1n) is 11.2. The van der Waals surface area contributed by atoms with E-state index in [1.165, 1.54) is 9.47 Å². The molecule has 2 aromatic rings. The molecule has 33 heavy (non-hydrogen) atoms. The van der Waals surface area contributed by atoms with Crippen LogP contribution < -0.4 is 27.2 Å². The first-order chi connectivity index (χ1) is 15.8. The lowest BCUT2D eigenvalue weighted by molar-refractivity contribution is -0.116. The summed E-state index contributed by atoms with van der Waals surface area (Å²) in [5.74, 6) is -0.485. The number of anilines is 3. The van der Waals surface area contributed by atoms with E-state index >= 15 is 0 Å². The largest absolute Gasteiger partial charge is 0.383 e. The number of aryl methyl sites for hydroxylation is 1. The lowest BCUT2D eigenvalue weighted by atomic mass is 10.2. The van der Waals surface area contributed by atoms with E-state index in [2.05, 4.69) is 10.3 Å². The maximum absolute atomic E-state index is 13.0. The molecular formula is C23H33N5O4S. The summed E-state index contributed by atoms with van der Waals surface area (Å²) in [5.41, 5.74) is 6.70. The molecule has 0 atom stereocenters. The summed E-state index contributed by atoms with van der Waals surface area (Å²) >= 11 is 1.16. The number of benzene rings is 1. The van der Waals surface area contributed by atoms with Crippen molar-refractivity contribution in [3.8, 4) is 0 Å². The molecule has 0 unspecified atom stereocenters.